The lowest BCUT2D eigenvalue weighted by molar-refractivity contribution is -0.143. The Morgan fingerprint density at radius 2 is 2.14 bits per heavy atom. The van der Waals surface area contributed by atoms with Crippen LogP contribution in [0, 0.1) is 0 Å². The molecule has 0 saturated heterocycles. The average molecular weight is 427 g/mol. The lowest BCUT2D eigenvalue weighted by Gasteiger charge is -2.12. The number of primary sulfonamides is 1. The van der Waals surface area contributed by atoms with Gasteiger partial charge in [0.15, 0.2) is 4.80 Å². The molecule has 1 aromatic heterocycles. The van der Waals surface area contributed by atoms with Crippen molar-refractivity contribution in [2.24, 2.45) is 10.1 Å². The van der Waals surface area contributed by atoms with Crippen LogP contribution in [0.25, 0.3) is 10.2 Å². The molecule has 2 aromatic rings. The fraction of sp³-hybridized carbons (Fsp3) is 0.312. The number of carbonyl (C=O) groups excluding carboxylic acids is 2. The molecule has 2 heterocycles. The molecule has 2 N–H and O–H groups in total. The Kier molecular flexibility index (Phi) is 5.82. The van der Waals surface area contributed by atoms with Gasteiger partial charge in [0.1, 0.15) is 26.0 Å². The molecule has 1 aliphatic rings. The number of aromatic nitrogens is 1. The molecular formula is C16H17N3O7S2. The minimum Gasteiger partial charge on any atom is -0.494 e. The van der Waals surface area contributed by atoms with Crippen LogP contribution in [0.4, 0.5) is 0 Å². The Bertz CT molecular complexity index is 1130. The zero-order valence-corrected chi connectivity index (χ0v) is 16.4. The summed E-state index contributed by atoms with van der Waals surface area (Å²) < 4.78 is 40.4. The highest BCUT2D eigenvalue weighted by atomic mass is 32.2. The van der Waals surface area contributed by atoms with Crippen molar-refractivity contribution in [1.29, 1.82) is 0 Å². The van der Waals surface area contributed by atoms with Crippen molar-refractivity contribution in [1.82, 2.24) is 4.57 Å². The van der Waals surface area contributed by atoms with E-state index < -0.39 is 21.9 Å². The maximum absolute atomic E-state index is 12.4. The van der Waals surface area contributed by atoms with Gasteiger partial charge in [-0.05, 0) is 25.1 Å². The molecule has 0 radical (unpaired) electrons. The van der Waals surface area contributed by atoms with Crippen molar-refractivity contribution in [3.05, 3.63) is 35.0 Å². The van der Waals surface area contributed by atoms with Gasteiger partial charge in [0.05, 0.1) is 21.7 Å². The van der Waals surface area contributed by atoms with Crippen LogP contribution in [0.1, 0.15) is 6.92 Å². The number of thiazole rings is 1. The third-order valence-electron chi connectivity index (χ3n) is 3.63. The third-order valence-corrected chi connectivity index (χ3v) is 5.58. The Morgan fingerprint density at radius 3 is 2.79 bits per heavy atom. The summed E-state index contributed by atoms with van der Waals surface area (Å²) in [6.07, 6.45) is 1.18. The van der Waals surface area contributed by atoms with Crippen LogP contribution < -0.4 is 9.94 Å². The van der Waals surface area contributed by atoms with Crippen molar-refractivity contribution in [2.45, 2.75) is 18.4 Å². The van der Waals surface area contributed by atoms with E-state index in [1.165, 1.54) is 29.0 Å². The van der Waals surface area contributed by atoms with Crippen molar-refractivity contribution in [3.63, 3.8) is 0 Å². The smallest absolute Gasteiger partial charge is 0.326 e. The predicted octanol–water partition coefficient (Wildman–Crippen LogP) is 0.229. The van der Waals surface area contributed by atoms with E-state index in [0.717, 1.165) is 11.3 Å². The standard InChI is InChI=1S/C16H17N3O7S2/c1-2-25-14(20)8-19-11-4-3-10(28(17,22)23)7-13(11)27-16(19)18-15(21)12-9-24-5-6-26-12/h3-4,7,9H,2,5-6,8H2,1H3,(H2,17,22,23). The lowest BCUT2D eigenvalue weighted by atomic mass is 10.3. The molecule has 0 spiro atoms. The van der Waals surface area contributed by atoms with Crippen LogP contribution in [0.15, 0.2) is 40.1 Å². The van der Waals surface area contributed by atoms with E-state index in [-0.39, 0.29) is 35.2 Å². The first-order valence-corrected chi connectivity index (χ1v) is 10.5. The molecule has 3 rings (SSSR count). The van der Waals surface area contributed by atoms with Crippen LogP contribution in [-0.2, 0) is 40.4 Å². The Balaban J connectivity index is 2.12. The van der Waals surface area contributed by atoms with E-state index >= 15 is 0 Å². The van der Waals surface area contributed by atoms with Gasteiger partial charge >= 0.3 is 11.9 Å². The van der Waals surface area contributed by atoms with E-state index in [1.807, 2.05) is 0 Å². The molecule has 0 saturated carbocycles. The van der Waals surface area contributed by atoms with Crippen molar-refractivity contribution in [3.8, 4) is 0 Å². The number of amides is 1. The predicted molar refractivity (Wildman–Crippen MR) is 98.4 cm³/mol. The van der Waals surface area contributed by atoms with Crippen molar-refractivity contribution < 1.29 is 32.2 Å². The van der Waals surface area contributed by atoms with Gasteiger partial charge in [-0.25, -0.2) is 13.6 Å². The number of fused-ring (bicyclic) bond motifs is 1. The van der Waals surface area contributed by atoms with Gasteiger partial charge in [0.2, 0.25) is 15.8 Å². The third kappa shape index (κ3) is 4.40. The number of carbonyl (C=O) groups is 2. The van der Waals surface area contributed by atoms with Gasteiger partial charge in [-0.1, -0.05) is 11.3 Å². The molecule has 1 amide bonds. The highest BCUT2D eigenvalue weighted by Gasteiger charge is 2.18. The van der Waals surface area contributed by atoms with Gasteiger partial charge in [0.25, 0.3) is 0 Å². The number of ether oxygens (including phenoxy) is 3. The molecule has 10 nitrogen and oxygen atoms in total. The van der Waals surface area contributed by atoms with Gasteiger partial charge in [0, 0.05) is 0 Å². The topological polar surface area (TPSA) is 139 Å². The number of hydrogen-bond donors (Lipinski definition) is 1. The number of esters is 1. The molecular weight excluding hydrogens is 410 g/mol. The number of sulfonamides is 1. The summed E-state index contributed by atoms with van der Waals surface area (Å²) in [5, 5.41) is 5.17. The molecule has 1 aromatic carbocycles. The summed E-state index contributed by atoms with van der Waals surface area (Å²) in [7, 11) is -3.91. The van der Waals surface area contributed by atoms with Gasteiger partial charge < -0.3 is 18.8 Å². The summed E-state index contributed by atoms with van der Waals surface area (Å²) in [5.74, 6) is -1.27. The summed E-state index contributed by atoms with van der Waals surface area (Å²) >= 11 is 1.03. The fourth-order valence-electron chi connectivity index (χ4n) is 2.43. The molecule has 28 heavy (non-hydrogen) atoms. The maximum Gasteiger partial charge on any atom is 0.326 e. The quantitative estimate of drug-likeness (QED) is 0.674. The SMILES string of the molecule is CCOC(=O)Cn1c(=NC(=O)C2=COCCO2)sc2cc(S(N)(=O)=O)ccc21. The number of benzene rings is 1. The minimum absolute atomic E-state index is 0.0587. The van der Waals surface area contributed by atoms with E-state index in [4.69, 9.17) is 19.3 Å². The number of nitrogens with two attached hydrogens (primary N) is 1. The van der Waals surface area contributed by atoms with E-state index in [0.29, 0.717) is 16.8 Å². The highest BCUT2D eigenvalue weighted by Crippen LogP contribution is 2.21. The average Bonchev–Trinajstić information content (AvgIpc) is 2.98. The van der Waals surface area contributed by atoms with Gasteiger partial charge in [-0.15, -0.1) is 0 Å². The Morgan fingerprint density at radius 1 is 1.36 bits per heavy atom. The normalized spacial score (nSPS) is 14.9. The number of hydrogen-bond acceptors (Lipinski definition) is 8. The fourth-order valence-corrected chi connectivity index (χ4v) is 4.11. The first-order valence-electron chi connectivity index (χ1n) is 8.15. The molecule has 0 bridgehead atoms. The number of nitrogens with zero attached hydrogens (tertiary/aromatic N) is 2. The zero-order valence-electron chi connectivity index (χ0n) is 14.8. The zero-order chi connectivity index (χ0) is 20.3. The molecule has 150 valence electrons. The Labute approximate surface area is 163 Å². The Hall–Kier alpha value is -2.70. The van der Waals surface area contributed by atoms with Crippen LogP contribution in [0.3, 0.4) is 0 Å². The summed E-state index contributed by atoms with van der Waals surface area (Å²) in [5.41, 5.74) is 0.506. The van der Waals surface area contributed by atoms with Crippen LogP contribution in [0.2, 0.25) is 0 Å². The summed E-state index contributed by atoms with van der Waals surface area (Å²) in [6, 6.07) is 4.17. The second-order valence-corrected chi connectivity index (χ2v) is 8.14. The van der Waals surface area contributed by atoms with Crippen LogP contribution in [0.5, 0.6) is 0 Å². The number of rotatable bonds is 5. The monoisotopic (exact) mass is 427 g/mol. The maximum atomic E-state index is 12.4. The largest absolute Gasteiger partial charge is 0.494 e. The first-order chi connectivity index (χ1) is 13.3. The second kappa shape index (κ2) is 8.12. The molecule has 12 heteroatoms. The van der Waals surface area contributed by atoms with Gasteiger partial charge in [-0.2, -0.15) is 4.99 Å². The summed E-state index contributed by atoms with van der Waals surface area (Å²) in [4.78, 5) is 28.4. The van der Waals surface area contributed by atoms with E-state index in [9.17, 15) is 18.0 Å². The van der Waals surface area contributed by atoms with E-state index in [1.54, 1.807) is 6.92 Å². The van der Waals surface area contributed by atoms with Gasteiger partial charge in [-0.3, -0.25) is 9.59 Å². The van der Waals surface area contributed by atoms with Crippen LogP contribution >= 0.6 is 11.3 Å². The van der Waals surface area contributed by atoms with E-state index in [2.05, 4.69) is 4.99 Å². The molecule has 0 aliphatic carbocycles. The molecule has 0 unspecified atom stereocenters. The van der Waals surface area contributed by atoms with Crippen molar-refractivity contribution >= 4 is 43.5 Å². The molecule has 1 aliphatic heterocycles. The highest BCUT2D eigenvalue weighted by molar-refractivity contribution is 7.89. The minimum atomic E-state index is -3.91. The van der Waals surface area contributed by atoms with Crippen LogP contribution in [-0.4, -0.2) is 44.7 Å². The summed E-state index contributed by atoms with van der Waals surface area (Å²) in [6.45, 7) is 2.22. The molecule has 0 fully saturated rings. The first kappa shape index (κ1) is 20.0. The molecule has 0 atom stereocenters. The van der Waals surface area contributed by atoms with Crippen molar-refractivity contribution in [2.75, 3.05) is 19.8 Å². The second-order valence-electron chi connectivity index (χ2n) is 5.57. The lowest BCUT2D eigenvalue weighted by Crippen LogP contribution is -2.24.